The number of rotatable bonds is 5. The van der Waals surface area contributed by atoms with Crippen LogP contribution in [0.2, 0.25) is 10.0 Å². The van der Waals surface area contributed by atoms with Gasteiger partial charge in [-0.3, -0.25) is 4.79 Å². The van der Waals surface area contributed by atoms with E-state index < -0.39 is 5.56 Å². The molecule has 1 heterocycles. The molecule has 1 aromatic carbocycles. The number of methoxy groups -OCH3 is 2. The molecule has 0 saturated heterocycles. The van der Waals surface area contributed by atoms with Crippen molar-refractivity contribution in [3.05, 3.63) is 56.4 Å². The van der Waals surface area contributed by atoms with Crippen LogP contribution >= 0.6 is 23.2 Å². The molecule has 0 amide bonds. The first kappa shape index (κ1) is 15.5. The average Bonchev–Trinajstić information content (AvgIpc) is 2.52. The molecule has 0 aliphatic rings. The van der Waals surface area contributed by atoms with Gasteiger partial charge in [-0.05, 0) is 18.2 Å². The second-order valence-electron chi connectivity index (χ2n) is 4.06. The number of benzene rings is 1. The van der Waals surface area contributed by atoms with Crippen molar-refractivity contribution in [3.8, 4) is 11.5 Å². The molecule has 0 saturated carbocycles. The number of hydrogen-bond donors (Lipinski definition) is 0. The molecule has 2 rings (SSSR count). The molecule has 21 heavy (non-hydrogen) atoms. The lowest BCUT2D eigenvalue weighted by atomic mass is 10.2. The Morgan fingerprint density at radius 2 is 1.90 bits per heavy atom. The van der Waals surface area contributed by atoms with E-state index in [2.05, 4.69) is 0 Å². The largest absolute Gasteiger partial charge is 0.497 e. The smallest absolute Gasteiger partial charge is 0.303 e. The van der Waals surface area contributed by atoms with Crippen LogP contribution in [0, 0.1) is 0 Å². The van der Waals surface area contributed by atoms with E-state index in [1.807, 2.05) is 0 Å². The Hall–Kier alpha value is -1.85. The highest BCUT2D eigenvalue weighted by Crippen LogP contribution is 2.24. The Kier molecular flexibility index (Phi) is 4.98. The van der Waals surface area contributed by atoms with Gasteiger partial charge in [0.25, 0.3) is 0 Å². The molecule has 0 radical (unpaired) electrons. The monoisotopic (exact) mass is 329 g/mol. The van der Waals surface area contributed by atoms with Gasteiger partial charge in [0.05, 0.1) is 19.2 Å². The molecule has 112 valence electrons. The minimum absolute atomic E-state index is 0.0825. The second-order valence-corrected chi connectivity index (χ2v) is 4.84. The summed E-state index contributed by atoms with van der Waals surface area (Å²) in [7, 11) is 3.11. The van der Waals surface area contributed by atoms with Crippen LogP contribution in [0.1, 0.15) is 5.56 Å². The summed E-state index contributed by atoms with van der Waals surface area (Å²) in [4.78, 5) is 17.3. The van der Waals surface area contributed by atoms with Crippen LogP contribution < -0.4 is 19.9 Å². The van der Waals surface area contributed by atoms with Gasteiger partial charge in [-0.15, -0.1) is 0 Å². The van der Waals surface area contributed by atoms with Crippen LogP contribution in [0.4, 0.5) is 0 Å². The zero-order valence-electron chi connectivity index (χ0n) is 11.4. The first-order valence-corrected chi connectivity index (χ1v) is 6.73. The fraction of sp³-hybridized carbons (Fsp3) is 0.214. The Morgan fingerprint density at radius 3 is 2.57 bits per heavy atom. The van der Waals surface area contributed by atoms with Gasteiger partial charge < -0.3 is 14.3 Å². The van der Waals surface area contributed by atoms with Gasteiger partial charge in [-0.2, -0.15) is 4.73 Å². The fourth-order valence-corrected chi connectivity index (χ4v) is 1.97. The van der Waals surface area contributed by atoms with E-state index in [0.29, 0.717) is 11.5 Å². The van der Waals surface area contributed by atoms with Crippen molar-refractivity contribution in [1.82, 2.24) is 4.73 Å². The maximum Gasteiger partial charge on any atom is 0.303 e. The van der Waals surface area contributed by atoms with Crippen molar-refractivity contribution in [2.45, 2.75) is 6.61 Å². The Morgan fingerprint density at radius 1 is 1.14 bits per heavy atom. The number of halogens is 2. The van der Waals surface area contributed by atoms with Crippen molar-refractivity contribution in [2.24, 2.45) is 0 Å². The zero-order valence-corrected chi connectivity index (χ0v) is 12.9. The summed E-state index contributed by atoms with van der Waals surface area (Å²) in [6.45, 7) is 0.130. The maximum atomic E-state index is 11.8. The number of aromatic nitrogens is 1. The predicted octanol–water partition coefficient (Wildman–Crippen LogP) is 2.80. The molecule has 7 heteroatoms. The normalized spacial score (nSPS) is 10.3. The lowest BCUT2D eigenvalue weighted by Gasteiger charge is -2.12. The number of pyridine rings is 1. The highest BCUT2D eigenvalue weighted by molar-refractivity contribution is 6.41. The summed E-state index contributed by atoms with van der Waals surface area (Å²) in [5.74, 6) is 1.27. The predicted molar refractivity (Wildman–Crippen MR) is 80.6 cm³/mol. The van der Waals surface area contributed by atoms with Gasteiger partial charge >= 0.3 is 5.56 Å². The zero-order chi connectivity index (χ0) is 15.4. The fourth-order valence-electron chi connectivity index (χ4n) is 1.68. The highest BCUT2D eigenvalue weighted by Gasteiger charge is 2.09. The number of ether oxygens (including phenoxy) is 2. The van der Waals surface area contributed by atoms with E-state index in [1.54, 1.807) is 32.4 Å². The van der Waals surface area contributed by atoms with Crippen molar-refractivity contribution in [3.63, 3.8) is 0 Å². The Balaban J connectivity index is 2.21. The van der Waals surface area contributed by atoms with Crippen LogP contribution in [0.5, 0.6) is 11.5 Å². The molecule has 0 spiro atoms. The van der Waals surface area contributed by atoms with Crippen LogP contribution in [-0.4, -0.2) is 19.0 Å². The third-order valence-corrected chi connectivity index (χ3v) is 3.58. The minimum Gasteiger partial charge on any atom is -0.497 e. The molecule has 0 fully saturated rings. The molecule has 0 N–H and O–H groups in total. The van der Waals surface area contributed by atoms with E-state index in [0.717, 1.165) is 10.3 Å². The standard InChI is InChI=1S/C14H13Cl2NO4/c1-19-10-4-3-9(12(7-10)20-2)8-21-17-6-5-11(15)13(16)14(17)18/h3-7H,8H2,1-2H3. The summed E-state index contributed by atoms with van der Waals surface area (Å²) < 4.78 is 11.4. The van der Waals surface area contributed by atoms with Crippen LogP contribution in [0.25, 0.3) is 0 Å². The lowest BCUT2D eigenvalue weighted by molar-refractivity contribution is 0.0877. The molecule has 0 bridgehead atoms. The number of hydrogen-bond acceptors (Lipinski definition) is 4. The average molecular weight is 330 g/mol. The highest BCUT2D eigenvalue weighted by atomic mass is 35.5. The van der Waals surface area contributed by atoms with Crippen LogP contribution in [0.15, 0.2) is 35.3 Å². The van der Waals surface area contributed by atoms with Crippen LogP contribution in [-0.2, 0) is 6.61 Å². The van der Waals surface area contributed by atoms with Gasteiger partial charge in [0.15, 0.2) is 0 Å². The molecule has 0 aliphatic heterocycles. The van der Waals surface area contributed by atoms with Gasteiger partial charge in [0, 0.05) is 17.8 Å². The van der Waals surface area contributed by atoms with Gasteiger partial charge in [0.1, 0.15) is 23.1 Å². The summed E-state index contributed by atoms with van der Waals surface area (Å²) in [5.41, 5.74) is 0.243. The molecule has 0 aliphatic carbocycles. The third kappa shape index (κ3) is 3.43. The molecule has 2 aromatic rings. The second kappa shape index (κ2) is 6.74. The number of nitrogens with zero attached hydrogens (tertiary/aromatic N) is 1. The molecular formula is C14H13Cl2NO4. The van der Waals surface area contributed by atoms with E-state index >= 15 is 0 Å². The SMILES string of the molecule is COc1ccc(COn2ccc(Cl)c(Cl)c2=O)c(OC)c1. The first-order chi connectivity index (χ1) is 10.1. The van der Waals surface area contributed by atoms with Gasteiger partial charge in [0.2, 0.25) is 0 Å². The summed E-state index contributed by atoms with van der Waals surface area (Å²) in [6, 6.07) is 6.78. The molecule has 5 nitrogen and oxygen atoms in total. The van der Waals surface area contributed by atoms with E-state index in [-0.39, 0.29) is 16.7 Å². The Labute approximate surface area is 131 Å². The Bertz CT molecular complexity index is 700. The maximum absolute atomic E-state index is 11.8. The molecule has 1 aromatic heterocycles. The van der Waals surface area contributed by atoms with E-state index in [1.165, 1.54) is 12.3 Å². The van der Waals surface area contributed by atoms with E-state index in [9.17, 15) is 4.79 Å². The minimum atomic E-state index is -0.517. The molecule has 0 unspecified atom stereocenters. The summed E-state index contributed by atoms with van der Waals surface area (Å²) >= 11 is 11.5. The van der Waals surface area contributed by atoms with Crippen LogP contribution in [0.3, 0.4) is 0 Å². The van der Waals surface area contributed by atoms with Crippen molar-refractivity contribution >= 4 is 23.2 Å². The molecular weight excluding hydrogens is 317 g/mol. The molecule has 0 atom stereocenters. The summed E-state index contributed by atoms with van der Waals surface area (Å²) in [6.07, 6.45) is 1.41. The van der Waals surface area contributed by atoms with Crippen molar-refractivity contribution < 1.29 is 14.3 Å². The summed E-state index contributed by atoms with van der Waals surface area (Å²) in [5, 5.41) is 0.101. The van der Waals surface area contributed by atoms with E-state index in [4.69, 9.17) is 37.5 Å². The van der Waals surface area contributed by atoms with Crippen molar-refractivity contribution in [1.29, 1.82) is 0 Å². The van der Waals surface area contributed by atoms with Gasteiger partial charge in [-0.25, -0.2) is 0 Å². The first-order valence-electron chi connectivity index (χ1n) is 5.97. The quantitative estimate of drug-likeness (QED) is 0.846. The van der Waals surface area contributed by atoms with Crippen molar-refractivity contribution in [2.75, 3.05) is 14.2 Å². The lowest BCUT2D eigenvalue weighted by Crippen LogP contribution is -2.26. The van der Waals surface area contributed by atoms with Gasteiger partial charge in [-0.1, -0.05) is 23.2 Å². The third-order valence-electron chi connectivity index (χ3n) is 2.81. The topological polar surface area (TPSA) is 49.7 Å².